The van der Waals surface area contributed by atoms with Crippen molar-refractivity contribution in [2.24, 2.45) is 0 Å². The second-order valence-electron chi connectivity index (χ2n) is 3.22. The topological polar surface area (TPSA) is 61.3 Å². The molecule has 0 N–H and O–H groups in total. The number of aromatic nitrogens is 2. The van der Waals surface area contributed by atoms with Gasteiger partial charge < -0.3 is 9.47 Å². The summed E-state index contributed by atoms with van der Waals surface area (Å²) in [6.45, 7) is 0. The van der Waals surface area contributed by atoms with Gasteiger partial charge in [-0.25, -0.2) is 9.97 Å². The molecule has 0 aliphatic heterocycles. The largest absolute Gasteiger partial charge is 0.493 e. The number of carbonyl (C=O) groups is 1. The number of methoxy groups -OCH3 is 2. The Balaban J connectivity index is 2.81. The van der Waals surface area contributed by atoms with Crippen molar-refractivity contribution >= 4 is 28.8 Å². The first-order chi connectivity index (χ1) is 8.19. The van der Waals surface area contributed by atoms with Crippen molar-refractivity contribution in [2.75, 3.05) is 14.2 Å². The summed E-state index contributed by atoms with van der Waals surface area (Å²) in [5, 5.41) is 0.592. The number of ether oxygens (including phenoxy) is 2. The Morgan fingerprint density at radius 3 is 2.41 bits per heavy atom. The standard InChI is InChI=1S/C11H9ClN2O3/c1-16-9-3-6-7(4-10(9)17-2)13-11(12)14-8(6)5-15/h3-5H,1-2H3. The maximum Gasteiger partial charge on any atom is 0.223 e. The molecule has 0 spiro atoms. The fourth-order valence-corrected chi connectivity index (χ4v) is 1.72. The van der Waals surface area contributed by atoms with Crippen LogP contribution < -0.4 is 9.47 Å². The molecule has 88 valence electrons. The molecule has 1 heterocycles. The first-order valence-corrected chi connectivity index (χ1v) is 5.12. The summed E-state index contributed by atoms with van der Waals surface area (Å²) in [5.74, 6) is 1.03. The first kappa shape index (κ1) is 11.6. The van der Waals surface area contributed by atoms with Crippen LogP contribution in [-0.2, 0) is 0 Å². The molecule has 0 unspecified atom stereocenters. The van der Waals surface area contributed by atoms with Crippen LogP contribution in [0.1, 0.15) is 10.5 Å². The molecule has 0 atom stereocenters. The maximum absolute atomic E-state index is 10.9. The van der Waals surface area contributed by atoms with Gasteiger partial charge in [-0.2, -0.15) is 0 Å². The van der Waals surface area contributed by atoms with Crippen LogP contribution in [0.4, 0.5) is 0 Å². The van der Waals surface area contributed by atoms with Crippen LogP contribution in [0.15, 0.2) is 12.1 Å². The van der Waals surface area contributed by atoms with Gasteiger partial charge in [0.2, 0.25) is 5.28 Å². The lowest BCUT2D eigenvalue weighted by Gasteiger charge is -2.09. The lowest BCUT2D eigenvalue weighted by Crippen LogP contribution is -1.96. The smallest absolute Gasteiger partial charge is 0.223 e. The second kappa shape index (κ2) is 4.55. The van der Waals surface area contributed by atoms with Gasteiger partial charge in [-0.3, -0.25) is 4.79 Å². The van der Waals surface area contributed by atoms with Crippen LogP contribution in [0.5, 0.6) is 11.5 Å². The predicted molar refractivity (Wildman–Crippen MR) is 63.0 cm³/mol. The molecule has 0 amide bonds. The quantitative estimate of drug-likeness (QED) is 0.618. The summed E-state index contributed by atoms with van der Waals surface area (Å²) in [6.07, 6.45) is 0.627. The van der Waals surface area contributed by atoms with Crippen molar-refractivity contribution in [2.45, 2.75) is 0 Å². The van der Waals surface area contributed by atoms with Crippen molar-refractivity contribution < 1.29 is 14.3 Å². The highest BCUT2D eigenvalue weighted by Gasteiger charge is 2.11. The minimum atomic E-state index is 0.0202. The summed E-state index contributed by atoms with van der Waals surface area (Å²) < 4.78 is 10.3. The van der Waals surface area contributed by atoms with E-state index in [1.54, 1.807) is 12.1 Å². The van der Waals surface area contributed by atoms with E-state index in [-0.39, 0.29) is 11.0 Å². The van der Waals surface area contributed by atoms with Crippen LogP contribution in [0.2, 0.25) is 5.28 Å². The number of benzene rings is 1. The van der Waals surface area contributed by atoms with Crippen molar-refractivity contribution in [1.82, 2.24) is 9.97 Å². The van der Waals surface area contributed by atoms with E-state index in [4.69, 9.17) is 21.1 Å². The van der Waals surface area contributed by atoms with E-state index in [0.29, 0.717) is 28.7 Å². The molecule has 0 radical (unpaired) electrons. The molecule has 0 aliphatic rings. The van der Waals surface area contributed by atoms with Gasteiger partial charge in [-0.1, -0.05) is 0 Å². The van der Waals surface area contributed by atoms with E-state index in [9.17, 15) is 4.79 Å². The van der Waals surface area contributed by atoms with Gasteiger partial charge in [-0.05, 0) is 17.7 Å². The van der Waals surface area contributed by atoms with E-state index in [0.717, 1.165) is 0 Å². The molecule has 1 aromatic carbocycles. The SMILES string of the molecule is COc1cc2nc(Cl)nc(C=O)c2cc1OC. The van der Waals surface area contributed by atoms with E-state index >= 15 is 0 Å². The van der Waals surface area contributed by atoms with Crippen molar-refractivity contribution in [1.29, 1.82) is 0 Å². The molecular formula is C11H9ClN2O3. The van der Waals surface area contributed by atoms with Gasteiger partial charge >= 0.3 is 0 Å². The van der Waals surface area contributed by atoms with Gasteiger partial charge in [0.05, 0.1) is 19.7 Å². The van der Waals surface area contributed by atoms with Crippen LogP contribution >= 0.6 is 11.6 Å². The van der Waals surface area contributed by atoms with Crippen LogP contribution in [-0.4, -0.2) is 30.5 Å². The van der Waals surface area contributed by atoms with Crippen LogP contribution in [0.25, 0.3) is 10.9 Å². The van der Waals surface area contributed by atoms with E-state index in [1.807, 2.05) is 0 Å². The number of hydrogen-bond donors (Lipinski definition) is 0. The zero-order chi connectivity index (χ0) is 12.4. The monoisotopic (exact) mass is 252 g/mol. The average molecular weight is 253 g/mol. The molecule has 1 aromatic heterocycles. The van der Waals surface area contributed by atoms with Crippen molar-refractivity contribution in [3.63, 3.8) is 0 Å². The Bertz CT molecular complexity index is 586. The highest BCUT2D eigenvalue weighted by Crippen LogP contribution is 2.32. The van der Waals surface area contributed by atoms with E-state index < -0.39 is 0 Å². The summed E-state index contributed by atoms with van der Waals surface area (Å²) in [5.41, 5.74) is 0.755. The summed E-state index contributed by atoms with van der Waals surface area (Å²) >= 11 is 5.72. The third-order valence-electron chi connectivity index (χ3n) is 2.31. The number of carbonyl (C=O) groups excluding carboxylic acids is 1. The van der Waals surface area contributed by atoms with Crippen LogP contribution in [0.3, 0.4) is 0 Å². The van der Waals surface area contributed by atoms with Crippen LogP contribution in [0, 0.1) is 0 Å². The number of halogens is 1. The van der Waals surface area contributed by atoms with E-state index in [1.165, 1.54) is 14.2 Å². The minimum Gasteiger partial charge on any atom is -0.493 e. The Labute approximate surface area is 102 Å². The molecule has 6 heteroatoms. The lowest BCUT2D eigenvalue weighted by molar-refractivity contribution is 0.112. The summed E-state index contributed by atoms with van der Waals surface area (Å²) in [4.78, 5) is 18.8. The van der Waals surface area contributed by atoms with E-state index in [2.05, 4.69) is 9.97 Å². The Hall–Kier alpha value is -1.88. The Morgan fingerprint density at radius 2 is 1.82 bits per heavy atom. The Kier molecular flexibility index (Phi) is 3.10. The molecule has 0 saturated carbocycles. The minimum absolute atomic E-state index is 0.0202. The zero-order valence-electron chi connectivity index (χ0n) is 9.23. The summed E-state index contributed by atoms with van der Waals surface area (Å²) in [7, 11) is 3.04. The molecule has 0 aliphatic carbocycles. The number of rotatable bonds is 3. The third-order valence-corrected chi connectivity index (χ3v) is 2.48. The molecule has 0 bridgehead atoms. The Morgan fingerprint density at radius 1 is 1.18 bits per heavy atom. The normalized spacial score (nSPS) is 10.3. The number of fused-ring (bicyclic) bond motifs is 1. The maximum atomic E-state index is 10.9. The van der Waals surface area contributed by atoms with Gasteiger partial charge in [0.25, 0.3) is 0 Å². The fourth-order valence-electron chi connectivity index (χ4n) is 1.54. The highest BCUT2D eigenvalue weighted by molar-refractivity contribution is 6.28. The molecule has 0 saturated heterocycles. The molecule has 5 nitrogen and oxygen atoms in total. The molecule has 17 heavy (non-hydrogen) atoms. The second-order valence-corrected chi connectivity index (χ2v) is 3.56. The summed E-state index contributed by atoms with van der Waals surface area (Å²) in [6, 6.07) is 3.29. The molecule has 2 rings (SSSR count). The fraction of sp³-hybridized carbons (Fsp3) is 0.182. The molecule has 0 fully saturated rings. The molecule has 2 aromatic rings. The van der Waals surface area contributed by atoms with Crippen molar-refractivity contribution in [3.05, 3.63) is 23.1 Å². The van der Waals surface area contributed by atoms with Gasteiger partial charge in [0.1, 0.15) is 5.69 Å². The predicted octanol–water partition coefficient (Wildman–Crippen LogP) is 2.11. The van der Waals surface area contributed by atoms with Gasteiger partial charge in [-0.15, -0.1) is 0 Å². The number of nitrogens with zero attached hydrogens (tertiary/aromatic N) is 2. The highest BCUT2D eigenvalue weighted by atomic mass is 35.5. The lowest BCUT2D eigenvalue weighted by atomic mass is 10.1. The average Bonchev–Trinajstić information content (AvgIpc) is 2.35. The zero-order valence-corrected chi connectivity index (χ0v) is 9.99. The number of hydrogen-bond acceptors (Lipinski definition) is 5. The first-order valence-electron chi connectivity index (χ1n) is 4.74. The number of aldehydes is 1. The van der Waals surface area contributed by atoms with Gasteiger partial charge in [0, 0.05) is 11.5 Å². The van der Waals surface area contributed by atoms with Crippen molar-refractivity contribution in [3.8, 4) is 11.5 Å². The molecular weight excluding hydrogens is 244 g/mol. The van der Waals surface area contributed by atoms with Gasteiger partial charge in [0.15, 0.2) is 17.8 Å². The third kappa shape index (κ3) is 2.01.